The first-order valence-electron chi connectivity index (χ1n) is 6.36. The lowest BCUT2D eigenvalue weighted by atomic mass is 9.95. The van der Waals surface area contributed by atoms with Gasteiger partial charge in [-0.3, -0.25) is 0 Å². The largest absolute Gasteiger partial charge is 0.351 e. The van der Waals surface area contributed by atoms with Gasteiger partial charge in [-0.2, -0.15) is 0 Å². The standard InChI is InChI=1S/C15H21N3/c1-15(2,17-14-16-11-12-18(14)3)10-9-13-7-5-4-6-8-13/h4-8,11-12H,9-10H2,1-3H3,(H,16,17). The van der Waals surface area contributed by atoms with E-state index in [4.69, 9.17) is 0 Å². The van der Waals surface area contributed by atoms with E-state index in [0.717, 1.165) is 18.8 Å². The van der Waals surface area contributed by atoms with Crippen molar-refractivity contribution < 1.29 is 0 Å². The molecule has 1 aromatic carbocycles. The number of imidazole rings is 1. The fourth-order valence-corrected chi connectivity index (χ4v) is 1.95. The quantitative estimate of drug-likeness (QED) is 0.873. The van der Waals surface area contributed by atoms with Crippen LogP contribution >= 0.6 is 0 Å². The number of nitrogens with zero attached hydrogens (tertiary/aromatic N) is 2. The van der Waals surface area contributed by atoms with Crippen LogP contribution in [0, 0.1) is 0 Å². The summed E-state index contributed by atoms with van der Waals surface area (Å²) in [5.41, 5.74) is 1.42. The number of hydrogen-bond acceptors (Lipinski definition) is 2. The molecular weight excluding hydrogens is 222 g/mol. The third-order valence-corrected chi connectivity index (χ3v) is 3.15. The van der Waals surface area contributed by atoms with E-state index >= 15 is 0 Å². The van der Waals surface area contributed by atoms with Crippen molar-refractivity contribution in [2.24, 2.45) is 7.05 Å². The van der Waals surface area contributed by atoms with Gasteiger partial charge in [-0.15, -0.1) is 0 Å². The van der Waals surface area contributed by atoms with Gasteiger partial charge in [0, 0.05) is 25.0 Å². The Balaban J connectivity index is 1.93. The normalized spacial score (nSPS) is 11.5. The third kappa shape index (κ3) is 3.36. The van der Waals surface area contributed by atoms with Crippen molar-refractivity contribution in [2.75, 3.05) is 5.32 Å². The molecule has 0 aliphatic rings. The fourth-order valence-electron chi connectivity index (χ4n) is 1.95. The molecular formula is C15H21N3. The minimum atomic E-state index is 0.0367. The maximum absolute atomic E-state index is 4.31. The Labute approximate surface area is 109 Å². The first-order chi connectivity index (χ1) is 8.57. The van der Waals surface area contributed by atoms with Crippen molar-refractivity contribution in [3.8, 4) is 0 Å². The predicted octanol–water partition coefficient (Wildman–Crippen LogP) is 3.24. The van der Waals surface area contributed by atoms with Crippen molar-refractivity contribution in [1.82, 2.24) is 9.55 Å². The van der Waals surface area contributed by atoms with Gasteiger partial charge < -0.3 is 9.88 Å². The molecule has 0 bridgehead atoms. The average Bonchev–Trinajstić information content (AvgIpc) is 2.73. The topological polar surface area (TPSA) is 29.9 Å². The Hall–Kier alpha value is -1.77. The van der Waals surface area contributed by atoms with Crippen molar-refractivity contribution in [3.63, 3.8) is 0 Å². The SMILES string of the molecule is Cn1ccnc1NC(C)(C)CCc1ccccc1. The van der Waals surface area contributed by atoms with E-state index in [9.17, 15) is 0 Å². The zero-order valence-corrected chi connectivity index (χ0v) is 11.4. The van der Waals surface area contributed by atoms with E-state index < -0.39 is 0 Å². The summed E-state index contributed by atoms with van der Waals surface area (Å²) in [5, 5.41) is 3.49. The van der Waals surface area contributed by atoms with Crippen molar-refractivity contribution in [3.05, 3.63) is 48.3 Å². The number of hydrogen-bond donors (Lipinski definition) is 1. The highest BCUT2D eigenvalue weighted by Crippen LogP contribution is 2.18. The first kappa shape index (κ1) is 12.7. The molecule has 3 nitrogen and oxygen atoms in total. The first-order valence-corrected chi connectivity index (χ1v) is 6.36. The van der Waals surface area contributed by atoms with Crippen LogP contribution in [0.4, 0.5) is 5.95 Å². The van der Waals surface area contributed by atoms with E-state index in [-0.39, 0.29) is 5.54 Å². The summed E-state index contributed by atoms with van der Waals surface area (Å²) >= 11 is 0. The number of aromatic nitrogens is 2. The van der Waals surface area contributed by atoms with Gasteiger partial charge in [0.25, 0.3) is 0 Å². The molecule has 0 aliphatic carbocycles. The van der Waals surface area contributed by atoms with E-state index in [1.807, 2.05) is 24.0 Å². The number of anilines is 1. The van der Waals surface area contributed by atoms with Gasteiger partial charge in [-0.25, -0.2) is 4.98 Å². The average molecular weight is 243 g/mol. The van der Waals surface area contributed by atoms with Crippen LogP contribution in [0.1, 0.15) is 25.8 Å². The Morgan fingerprint density at radius 1 is 1.22 bits per heavy atom. The number of rotatable bonds is 5. The highest BCUT2D eigenvalue weighted by atomic mass is 15.2. The molecule has 2 rings (SSSR count). The smallest absolute Gasteiger partial charge is 0.202 e. The van der Waals surface area contributed by atoms with Crippen molar-refractivity contribution in [2.45, 2.75) is 32.2 Å². The summed E-state index contributed by atoms with van der Waals surface area (Å²) in [6.45, 7) is 4.43. The number of aryl methyl sites for hydroxylation is 2. The lowest BCUT2D eigenvalue weighted by Gasteiger charge is -2.27. The van der Waals surface area contributed by atoms with Gasteiger partial charge in [0.2, 0.25) is 5.95 Å². The second kappa shape index (κ2) is 5.25. The summed E-state index contributed by atoms with van der Waals surface area (Å²) in [6.07, 6.45) is 5.92. The molecule has 0 atom stereocenters. The minimum Gasteiger partial charge on any atom is -0.351 e. The lowest BCUT2D eigenvalue weighted by Crippen LogP contribution is -2.32. The molecule has 0 saturated heterocycles. The monoisotopic (exact) mass is 243 g/mol. The van der Waals surface area contributed by atoms with Gasteiger partial charge >= 0.3 is 0 Å². The van der Waals surface area contributed by atoms with Gasteiger partial charge in [0.05, 0.1) is 0 Å². The van der Waals surface area contributed by atoms with E-state index in [1.165, 1.54) is 5.56 Å². The molecule has 1 heterocycles. The van der Waals surface area contributed by atoms with Gasteiger partial charge in [-0.1, -0.05) is 30.3 Å². The second-order valence-electron chi connectivity index (χ2n) is 5.36. The predicted molar refractivity (Wildman–Crippen MR) is 75.7 cm³/mol. The summed E-state index contributed by atoms with van der Waals surface area (Å²) < 4.78 is 2.00. The maximum Gasteiger partial charge on any atom is 0.202 e. The van der Waals surface area contributed by atoms with Crippen LogP contribution in [0.2, 0.25) is 0 Å². The van der Waals surface area contributed by atoms with E-state index in [2.05, 4.69) is 54.5 Å². The molecule has 96 valence electrons. The molecule has 0 radical (unpaired) electrons. The van der Waals surface area contributed by atoms with Crippen LogP contribution in [0.25, 0.3) is 0 Å². The van der Waals surface area contributed by atoms with Crippen LogP contribution < -0.4 is 5.32 Å². The molecule has 2 aromatic rings. The van der Waals surface area contributed by atoms with Crippen molar-refractivity contribution >= 4 is 5.95 Å². The van der Waals surface area contributed by atoms with Gasteiger partial charge in [-0.05, 0) is 32.3 Å². The summed E-state index contributed by atoms with van der Waals surface area (Å²) in [4.78, 5) is 4.31. The van der Waals surface area contributed by atoms with Gasteiger partial charge in [0.1, 0.15) is 0 Å². The van der Waals surface area contributed by atoms with Crippen LogP contribution in [-0.2, 0) is 13.5 Å². The summed E-state index contributed by atoms with van der Waals surface area (Å²) in [5.74, 6) is 0.924. The van der Waals surface area contributed by atoms with Gasteiger partial charge in [0.15, 0.2) is 0 Å². The zero-order chi connectivity index (χ0) is 13.0. The number of nitrogens with one attached hydrogen (secondary N) is 1. The lowest BCUT2D eigenvalue weighted by molar-refractivity contribution is 0.511. The Morgan fingerprint density at radius 2 is 1.94 bits per heavy atom. The Kier molecular flexibility index (Phi) is 3.70. The second-order valence-corrected chi connectivity index (χ2v) is 5.36. The van der Waals surface area contributed by atoms with Crippen LogP contribution in [0.5, 0.6) is 0 Å². The van der Waals surface area contributed by atoms with Crippen LogP contribution in [0.3, 0.4) is 0 Å². The molecule has 0 unspecified atom stereocenters. The molecule has 18 heavy (non-hydrogen) atoms. The highest BCUT2D eigenvalue weighted by Gasteiger charge is 2.18. The molecule has 0 fully saturated rings. The Bertz CT molecular complexity index is 485. The molecule has 0 spiro atoms. The molecule has 0 aliphatic heterocycles. The highest BCUT2D eigenvalue weighted by molar-refractivity contribution is 5.29. The molecule has 1 aromatic heterocycles. The molecule has 3 heteroatoms. The Morgan fingerprint density at radius 3 is 2.56 bits per heavy atom. The number of benzene rings is 1. The summed E-state index contributed by atoms with van der Waals surface area (Å²) in [7, 11) is 2.00. The fraction of sp³-hybridized carbons (Fsp3) is 0.400. The van der Waals surface area contributed by atoms with Crippen LogP contribution in [-0.4, -0.2) is 15.1 Å². The van der Waals surface area contributed by atoms with Crippen molar-refractivity contribution in [1.29, 1.82) is 0 Å². The molecule has 0 amide bonds. The summed E-state index contributed by atoms with van der Waals surface area (Å²) in [6, 6.07) is 10.6. The van der Waals surface area contributed by atoms with E-state index in [1.54, 1.807) is 0 Å². The maximum atomic E-state index is 4.31. The van der Waals surface area contributed by atoms with Crippen LogP contribution in [0.15, 0.2) is 42.7 Å². The van der Waals surface area contributed by atoms with E-state index in [0.29, 0.717) is 0 Å². The molecule has 1 N–H and O–H groups in total. The minimum absolute atomic E-state index is 0.0367. The third-order valence-electron chi connectivity index (χ3n) is 3.15. The zero-order valence-electron chi connectivity index (χ0n) is 11.4. The molecule has 0 saturated carbocycles.